The van der Waals surface area contributed by atoms with E-state index in [4.69, 9.17) is 5.73 Å². The van der Waals surface area contributed by atoms with Crippen molar-refractivity contribution >= 4 is 45.1 Å². The Hall–Kier alpha value is -3.76. The predicted molar refractivity (Wildman–Crippen MR) is 169 cm³/mol. The Kier molecular flexibility index (Phi) is 9.77. The number of thiophene rings is 1. The van der Waals surface area contributed by atoms with Gasteiger partial charge in [0.25, 0.3) is 5.91 Å². The van der Waals surface area contributed by atoms with Gasteiger partial charge in [-0.1, -0.05) is 80.6 Å². The van der Waals surface area contributed by atoms with E-state index in [1.54, 1.807) is 0 Å². The molecule has 2 aliphatic carbocycles. The van der Waals surface area contributed by atoms with Gasteiger partial charge in [-0.05, 0) is 48.8 Å². The highest BCUT2D eigenvalue weighted by Crippen LogP contribution is 2.32. The minimum absolute atomic E-state index is 0.187. The third kappa shape index (κ3) is 7.43. The number of nitrogens with two attached hydrogens (primary N) is 1. The normalized spacial score (nSPS) is 18.0. The highest BCUT2D eigenvalue weighted by atomic mass is 32.1. The van der Waals surface area contributed by atoms with E-state index >= 15 is 0 Å². The zero-order chi connectivity index (χ0) is 30.3. The van der Waals surface area contributed by atoms with Gasteiger partial charge in [0.05, 0.1) is 10.4 Å². The molecular formula is C33H41N5O4S. The SMILES string of the molecule is NC1(C(=O)NCCNC(=O)C(Cc2ccccc2)NC(=O)C2(NC(=O)c3cc4ccccc4s3)CCCC2)CCCCC1. The number of hydrogen-bond acceptors (Lipinski definition) is 6. The van der Waals surface area contributed by atoms with Crippen molar-refractivity contribution in [2.24, 2.45) is 5.73 Å². The summed E-state index contributed by atoms with van der Waals surface area (Å²) in [5, 5.41) is 12.7. The number of hydrogen-bond donors (Lipinski definition) is 5. The van der Waals surface area contributed by atoms with E-state index < -0.39 is 17.1 Å². The second-order valence-electron chi connectivity index (χ2n) is 11.9. The van der Waals surface area contributed by atoms with Gasteiger partial charge in [-0.3, -0.25) is 19.2 Å². The van der Waals surface area contributed by atoms with Gasteiger partial charge in [0, 0.05) is 24.2 Å². The Labute approximate surface area is 256 Å². The van der Waals surface area contributed by atoms with Crippen molar-refractivity contribution in [3.63, 3.8) is 0 Å². The summed E-state index contributed by atoms with van der Waals surface area (Å²) < 4.78 is 1.01. The van der Waals surface area contributed by atoms with Gasteiger partial charge in [-0.25, -0.2) is 0 Å². The van der Waals surface area contributed by atoms with E-state index in [2.05, 4.69) is 21.3 Å². The Bertz CT molecular complexity index is 1410. The van der Waals surface area contributed by atoms with E-state index in [1.165, 1.54) is 11.3 Å². The number of fused-ring (bicyclic) bond motifs is 1. The number of rotatable bonds is 11. The number of benzene rings is 2. The smallest absolute Gasteiger partial charge is 0.262 e. The molecule has 3 aromatic rings. The van der Waals surface area contributed by atoms with Crippen molar-refractivity contribution in [2.75, 3.05) is 13.1 Å². The molecule has 0 aliphatic heterocycles. The Morgan fingerprint density at radius 2 is 1.44 bits per heavy atom. The number of carbonyl (C=O) groups is 4. The summed E-state index contributed by atoms with van der Waals surface area (Å²) in [4.78, 5) is 53.8. The summed E-state index contributed by atoms with van der Waals surface area (Å²) in [6, 6.07) is 18.3. The lowest BCUT2D eigenvalue weighted by Crippen LogP contribution is -2.61. The minimum Gasteiger partial charge on any atom is -0.353 e. The third-order valence-corrected chi connectivity index (χ3v) is 9.82. The van der Waals surface area contributed by atoms with Crippen molar-refractivity contribution < 1.29 is 19.2 Å². The first-order chi connectivity index (χ1) is 20.8. The van der Waals surface area contributed by atoms with Crippen LogP contribution in [0, 0.1) is 0 Å². The zero-order valence-electron chi connectivity index (χ0n) is 24.5. The molecule has 1 heterocycles. The maximum absolute atomic E-state index is 13.9. The van der Waals surface area contributed by atoms with Crippen LogP contribution < -0.4 is 27.0 Å². The van der Waals surface area contributed by atoms with Crippen LogP contribution >= 0.6 is 11.3 Å². The van der Waals surface area contributed by atoms with E-state index in [1.807, 2.05) is 60.7 Å². The third-order valence-electron chi connectivity index (χ3n) is 8.71. The summed E-state index contributed by atoms with van der Waals surface area (Å²) >= 11 is 1.40. The zero-order valence-corrected chi connectivity index (χ0v) is 25.3. The maximum Gasteiger partial charge on any atom is 0.262 e. The fraction of sp³-hybridized carbons (Fsp3) is 0.455. The van der Waals surface area contributed by atoms with Gasteiger partial charge in [0.15, 0.2) is 0 Å². The van der Waals surface area contributed by atoms with E-state index in [-0.39, 0.29) is 43.1 Å². The van der Waals surface area contributed by atoms with Crippen LogP contribution in [-0.4, -0.2) is 53.8 Å². The quantitative estimate of drug-likeness (QED) is 0.213. The molecule has 1 aromatic heterocycles. The van der Waals surface area contributed by atoms with Gasteiger partial charge < -0.3 is 27.0 Å². The first-order valence-corrected chi connectivity index (χ1v) is 16.1. The minimum atomic E-state index is -1.09. The van der Waals surface area contributed by atoms with Crippen molar-refractivity contribution in [1.29, 1.82) is 0 Å². The van der Waals surface area contributed by atoms with Crippen molar-refractivity contribution in [3.8, 4) is 0 Å². The molecular weight excluding hydrogens is 562 g/mol. The summed E-state index contributed by atoms with van der Waals surface area (Å²) in [6.45, 7) is 0.445. The largest absolute Gasteiger partial charge is 0.353 e. The first kappa shape index (κ1) is 30.7. The molecule has 43 heavy (non-hydrogen) atoms. The summed E-state index contributed by atoms with van der Waals surface area (Å²) in [6.07, 6.45) is 7.19. The second kappa shape index (κ2) is 13.7. The fourth-order valence-corrected chi connectivity index (χ4v) is 7.14. The Morgan fingerprint density at radius 1 is 0.791 bits per heavy atom. The molecule has 228 valence electrons. The van der Waals surface area contributed by atoms with Crippen LogP contribution in [0.1, 0.15) is 73.0 Å². The van der Waals surface area contributed by atoms with Gasteiger partial charge in [0.2, 0.25) is 17.7 Å². The van der Waals surface area contributed by atoms with Gasteiger partial charge >= 0.3 is 0 Å². The number of nitrogens with one attached hydrogen (secondary N) is 4. The highest BCUT2D eigenvalue weighted by molar-refractivity contribution is 7.20. The van der Waals surface area contributed by atoms with Crippen molar-refractivity contribution in [3.05, 3.63) is 71.1 Å². The van der Waals surface area contributed by atoms with Crippen LogP contribution in [0.25, 0.3) is 10.1 Å². The van der Waals surface area contributed by atoms with Crippen LogP contribution in [0.4, 0.5) is 0 Å². The Balaban J connectivity index is 1.23. The van der Waals surface area contributed by atoms with Gasteiger partial charge in [0.1, 0.15) is 11.6 Å². The maximum atomic E-state index is 13.9. The molecule has 0 radical (unpaired) electrons. The molecule has 4 amide bonds. The van der Waals surface area contributed by atoms with Gasteiger partial charge in [-0.15, -0.1) is 11.3 Å². The van der Waals surface area contributed by atoms with Crippen LogP contribution in [0.15, 0.2) is 60.7 Å². The lowest BCUT2D eigenvalue weighted by molar-refractivity contribution is -0.132. The van der Waals surface area contributed by atoms with Crippen molar-refractivity contribution in [1.82, 2.24) is 21.3 Å². The molecule has 0 saturated heterocycles. The van der Waals surface area contributed by atoms with Crippen LogP contribution in [0.5, 0.6) is 0 Å². The number of carbonyl (C=O) groups excluding carboxylic acids is 4. The lowest BCUT2D eigenvalue weighted by atomic mass is 9.82. The molecule has 2 fully saturated rings. The molecule has 10 heteroatoms. The van der Waals surface area contributed by atoms with Crippen molar-refractivity contribution in [2.45, 2.75) is 81.3 Å². The summed E-state index contributed by atoms with van der Waals surface area (Å²) in [5.74, 6) is -1.18. The first-order valence-electron chi connectivity index (χ1n) is 15.3. The summed E-state index contributed by atoms with van der Waals surface area (Å²) in [5.41, 5.74) is 5.28. The molecule has 1 unspecified atom stereocenters. The van der Waals surface area contributed by atoms with E-state index in [9.17, 15) is 19.2 Å². The molecule has 6 N–H and O–H groups in total. The fourth-order valence-electron chi connectivity index (χ4n) is 6.19. The molecule has 2 aromatic carbocycles. The van der Waals surface area contributed by atoms with Crippen LogP contribution in [0.2, 0.25) is 0 Å². The van der Waals surface area contributed by atoms with E-state index in [0.717, 1.165) is 47.8 Å². The molecule has 5 rings (SSSR count). The second-order valence-corrected chi connectivity index (χ2v) is 13.0. The lowest BCUT2D eigenvalue weighted by Gasteiger charge is -2.32. The van der Waals surface area contributed by atoms with E-state index in [0.29, 0.717) is 30.6 Å². The standard InChI is InChI=1S/C33H41N5O4S/c34-32(15-7-2-8-16-32)30(41)36-20-19-35-28(39)25(21-23-11-3-1-4-12-23)37-31(42)33(17-9-10-18-33)38-29(40)27-22-24-13-5-6-14-26(24)43-27/h1,3-6,11-14,22,25H,2,7-10,15-21,34H2,(H,35,39)(H,36,41)(H,37,42)(H,38,40). The molecule has 1 atom stereocenters. The van der Waals surface area contributed by atoms with Gasteiger partial charge in [-0.2, -0.15) is 0 Å². The topological polar surface area (TPSA) is 142 Å². The molecule has 9 nitrogen and oxygen atoms in total. The molecule has 0 bridgehead atoms. The average Bonchev–Trinajstić information content (AvgIpc) is 3.68. The van der Waals surface area contributed by atoms with Crippen LogP contribution in [0.3, 0.4) is 0 Å². The molecule has 0 spiro atoms. The molecule has 2 saturated carbocycles. The summed E-state index contributed by atoms with van der Waals surface area (Å²) in [7, 11) is 0. The monoisotopic (exact) mass is 603 g/mol. The highest BCUT2D eigenvalue weighted by Gasteiger charge is 2.44. The predicted octanol–water partition coefficient (Wildman–Crippen LogP) is 3.57. The average molecular weight is 604 g/mol. The Morgan fingerprint density at radius 3 is 2.16 bits per heavy atom. The number of amides is 4. The molecule has 2 aliphatic rings. The van der Waals surface area contributed by atoms with Crippen LogP contribution in [-0.2, 0) is 20.8 Å².